The quantitative estimate of drug-likeness (QED) is 0.661. The number of hydrogen-bond donors (Lipinski definition) is 1. The van der Waals surface area contributed by atoms with Crippen molar-refractivity contribution in [3.63, 3.8) is 0 Å². The highest BCUT2D eigenvalue weighted by Gasteiger charge is 2.30. The summed E-state index contributed by atoms with van der Waals surface area (Å²) in [5, 5.41) is 9.27. The average molecular weight is 172 g/mol. The second-order valence-electron chi connectivity index (χ2n) is 3.69. The van der Waals surface area contributed by atoms with Crippen molar-refractivity contribution in [1.29, 1.82) is 0 Å². The molecule has 0 spiro atoms. The number of aliphatic hydroxyl groups excluding tert-OH is 1. The third-order valence-electron chi connectivity index (χ3n) is 2.75. The summed E-state index contributed by atoms with van der Waals surface area (Å²) in [7, 11) is 0. The van der Waals surface area contributed by atoms with E-state index in [-0.39, 0.29) is 12.2 Å². The van der Waals surface area contributed by atoms with Crippen LogP contribution >= 0.6 is 0 Å². The van der Waals surface area contributed by atoms with Crippen molar-refractivity contribution < 1.29 is 9.84 Å². The zero-order valence-corrected chi connectivity index (χ0v) is 8.01. The first kappa shape index (κ1) is 10.0. The van der Waals surface area contributed by atoms with Gasteiger partial charge in [-0.25, -0.2) is 0 Å². The first-order valence-electron chi connectivity index (χ1n) is 5.08. The first-order valence-corrected chi connectivity index (χ1v) is 5.08. The maximum atomic E-state index is 9.27. The summed E-state index contributed by atoms with van der Waals surface area (Å²) < 4.78 is 5.65. The Morgan fingerprint density at radius 1 is 1.17 bits per heavy atom. The number of hydrogen-bond acceptors (Lipinski definition) is 2. The van der Waals surface area contributed by atoms with Crippen LogP contribution in [-0.4, -0.2) is 23.9 Å². The van der Waals surface area contributed by atoms with E-state index in [0.29, 0.717) is 0 Å². The van der Waals surface area contributed by atoms with Crippen LogP contribution in [0, 0.1) is 0 Å². The molecule has 0 aliphatic heterocycles. The molecule has 1 fully saturated rings. The fourth-order valence-electron chi connectivity index (χ4n) is 2.03. The van der Waals surface area contributed by atoms with Gasteiger partial charge in [-0.1, -0.05) is 25.7 Å². The Morgan fingerprint density at radius 3 is 2.17 bits per heavy atom. The lowest BCUT2D eigenvalue weighted by molar-refractivity contribution is -0.0839. The standard InChI is InChI=1S/C10H20O2/c1-2-12-10(9-11)7-5-3-4-6-8-10/h11H,2-9H2,1H3. The molecule has 2 nitrogen and oxygen atoms in total. The van der Waals surface area contributed by atoms with Gasteiger partial charge >= 0.3 is 0 Å². The third-order valence-corrected chi connectivity index (χ3v) is 2.75. The lowest BCUT2D eigenvalue weighted by atomic mass is 9.95. The summed E-state index contributed by atoms with van der Waals surface area (Å²) in [5.41, 5.74) is -0.189. The van der Waals surface area contributed by atoms with Crippen LogP contribution in [0.5, 0.6) is 0 Å². The minimum atomic E-state index is -0.189. The van der Waals surface area contributed by atoms with Crippen molar-refractivity contribution in [2.75, 3.05) is 13.2 Å². The Morgan fingerprint density at radius 2 is 1.75 bits per heavy atom. The van der Waals surface area contributed by atoms with Crippen LogP contribution in [0.2, 0.25) is 0 Å². The topological polar surface area (TPSA) is 29.5 Å². The van der Waals surface area contributed by atoms with Crippen LogP contribution in [0.15, 0.2) is 0 Å². The molecule has 0 saturated heterocycles. The molecule has 0 bridgehead atoms. The molecule has 0 aromatic carbocycles. The fourth-order valence-corrected chi connectivity index (χ4v) is 2.03. The average Bonchev–Trinajstić information content (AvgIpc) is 2.32. The van der Waals surface area contributed by atoms with E-state index in [0.717, 1.165) is 19.4 Å². The first-order chi connectivity index (χ1) is 5.83. The number of aliphatic hydroxyl groups is 1. The highest BCUT2D eigenvalue weighted by Crippen LogP contribution is 2.29. The monoisotopic (exact) mass is 172 g/mol. The zero-order chi connectivity index (χ0) is 8.86. The molecular weight excluding hydrogens is 152 g/mol. The van der Waals surface area contributed by atoms with Crippen LogP contribution in [0.25, 0.3) is 0 Å². The SMILES string of the molecule is CCOC1(CO)CCCCCC1. The van der Waals surface area contributed by atoms with E-state index in [9.17, 15) is 5.11 Å². The van der Waals surface area contributed by atoms with E-state index >= 15 is 0 Å². The predicted octanol–water partition coefficient (Wildman–Crippen LogP) is 2.11. The molecule has 0 heterocycles. The van der Waals surface area contributed by atoms with Crippen molar-refractivity contribution in [3.05, 3.63) is 0 Å². The summed E-state index contributed by atoms with van der Waals surface area (Å²) in [5.74, 6) is 0. The highest BCUT2D eigenvalue weighted by atomic mass is 16.5. The Labute approximate surface area is 74.9 Å². The minimum absolute atomic E-state index is 0.189. The molecule has 72 valence electrons. The van der Waals surface area contributed by atoms with E-state index in [1.807, 2.05) is 6.92 Å². The molecule has 0 atom stereocenters. The zero-order valence-electron chi connectivity index (χ0n) is 8.01. The lowest BCUT2D eigenvalue weighted by Crippen LogP contribution is -2.36. The molecule has 0 unspecified atom stereocenters. The maximum Gasteiger partial charge on any atom is 0.0911 e. The molecule has 1 N–H and O–H groups in total. The fraction of sp³-hybridized carbons (Fsp3) is 1.00. The van der Waals surface area contributed by atoms with Crippen molar-refractivity contribution >= 4 is 0 Å². The summed E-state index contributed by atoms with van der Waals surface area (Å²) in [6.45, 7) is 2.92. The molecule has 1 aliphatic rings. The number of ether oxygens (including phenoxy) is 1. The van der Waals surface area contributed by atoms with Crippen LogP contribution in [0.1, 0.15) is 45.4 Å². The van der Waals surface area contributed by atoms with Crippen LogP contribution < -0.4 is 0 Å². The normalized spacial score (nSPS) is 23.5. The summed E-state index contributed by atoms with van der Waals surface area (Å²) in [6.07, 6.45) is 7.10. The van der Waals surface area contributed by atoms with Crippen molar-refractivity contribution in [2.24, 2.45) is 0 Å². The van der Waals surface area contributed by atoms with Gasteiger partial charge in [-0.05, 0) is 19.8 Å². The second-order valence-corrected chi connectivity index (χ2v) is 3.69. The largest absolute Gasteiger partial charge is 0.393 e. The lowest BCUT2D eigenvalue weighted by Gasteiger charge is -2.30. The van der Waals surface area contributed by atoms with Gasteiger partial charge in [0.2, 0.25) is 0 Å². The molecule has 2 heteroatoms. The molecule has 0 radical (unpaired) electrons. The van der Waals surface area contributed by atoms with E-state index in [2.05, 4.69) is 0 Å². The van der Waals surface area contributed by atoms with Gasteiger partial charge in [0.15, 0.2) is 0 Å². The van der Waals surface area contributed by atoms with Gasteiger partial charge in [-0.2, -0.15) is 0 Å². The van der Waals surface area contributed by atoms with Gasteiger partial charge in [-0.15, -0.1) is 0 Å². The molecule has 12 heavy (non-hydrogen) atoms. The van der Waals surface area contributed by atoms with E-state index in [1.54, 1.807) is 0 Å². The van der Waals surface area contributed by atoms with Gasteiger partial charge in [0.25, 0.3) is 0 Å². The molecule has 0 amide bonds. The van der Waals surface area contributed by atoms with Gasteiger partial charge in [0.1, 0.15) is 0 Å². The van der Waals surface area contributed by atoms with Crippen molar-refractivity contribution in [3.8, 4) is 0 Å². The Bertz CT molecular complexity index is 115. The van der Waals surface area contributed by atoms with Crippen LogP contribution in [-0.2, 0) is 4.74 Å². The molecule has 1 saturated carbocycles. The highest BCUT2D eigenvalue weighted by molar-refractivity contribution is 4.82. The van der Waals surface area contributed by atoms with Gasteiger partial charge in [0.05, 0.1) is 12.2 Å². The summed E-state index contributed by atoms with van der Waals surface area (Å²) >= 11 is 0. The van der Waals surface area contributed by atoms with Gasteiger partial charge in [-0.3, -0.25) is 0 Å². The summed E-state index contributed by atoms with van der Waals surface area (Å²) in [4.78, 5) is 0. The van der Waals surface area contributed by atoms with E-state index in [1.165, 1.54) is 25.7 Å². The summed E-state index contributed by atoms with van der Waals surface area (Å²) in [6, 6.07) is 0. The minimum Gasteiger partial charge on any atom is -0.393 e. The predicted molar refractivity (Wildman–Crippen MR) is 49.1 cm³/mol. The van der Waals surface area contributed by atoms with Crippen molar-refractivity contribution in [2.45, 2.75) is 51.0 Å². The van der Waals surface area contributed by atoms with Crippen LogP contribution in [0.3, 0.4) is 0 Å². The van der Waals surface area contributed by atoms with E-state index in [4.69, 9.17) is 4.74 Å². The molecule has 0 aromatic rings. The molecular formula is C10H20O2. The number of rotatable bonds is 3. The van der Waals surface area contributed by atoms with Crippen LogP contribution in [0.4, 0.5) is 0 Å². The van der Waals surface area contributed by atoms with Crippen molar-refractivity contribution in [1.82, 2.24) is 0 Å². The van der Waals surface area contributed by atoms with E-state index < -0.39 is 0 Å². The molecule has 0 aromatic heterocycles. The van der Waals surface area contributed by atoms with Gasteiger partial charge in [0, 0.05) is 6.61 Å². The third kappa shape index (κ3) is 2.46. The molecule has 1 aliphatic carbocycles. The smallest absolute Gasteiger partial charge is 0.0911 e. The Balaban J connectivity index is 2.48. The Kier molecular flexibility index (Phi) is 4.02. The Hall–Kier alpha value is -0.0800. The van der Waals surface area contributed by atoms with Gasteiger partial charge < -0.3 is 9.84 Å². The molecule has 1 rings (SSSR count). The second kappa shape index (κ2) is 4.83. The maximum absolute atomic E-state index is 9.27.